The summed E-state index contributed by atoms with van der Waals surface area (Å²) >= 11 is 1.59. The number of nitrogens with two attached hydrogens (primary N) is 1. The molecule has 2 rings (SSSR count). The molecule has 0 aromatic carbocycles. The molecule has 1 atom stereocenters. The Labute approximate surface area is 116 Å². The second-order valence-corrected chi connectivity index (χ2v) is 5.81. The molecule has 0 aliphatic heterocycles. The number of hydrogen-bond acceptors (Lipinski definition) is 3. The standard InChI is InChI=1S/C13H19N3O2S/c1-9(10-4-7-19-8-10)15-12(18)16-13(11(14)17)5-2-3-6-13/h4,7-9H,2-3,5-6H2,1H3,(H2,14,17)(H2,15,16,18)/t9-/m1/s1. The first-order valence-electron chi connectivity index (χ1n) is 6.44. The molecule has 5 nitrogen and oxygen atoms in total. The van der Waals surface area contributed by atoms with E-state index in [2.05, 4.69) is 10.6 Å². The van der Waals surface area contributed by atoms with Gasteiger partial charge in [0, 0.05) is 0 Å². The molecule has 3 amide bonds. The van der Waals surface area contributed by atoms with E-state index < -0.39 is 11.4 Å². The number of thiophene rings is 1. The van der Waals surface area contributed by atoms with Crippen LogP contribution < -0.4 is 16.4 Å². The Balaban J connectivity index is 1.95. The van der Waals surface area contributed by atoms with Crippen molar-refractivity contribution in [3.63, 3.8) is 0 Å². The summed E-state index contributed by atoms with van der Waals surface area (Å²) in [7, 11) is 0. The highest BCUT2D eigenvalue weighted by molar-refractivity contribution is 7.07. The third-order valence-corrected chi connectivity index (χ3v) is 4.37. The Morgan fingerprint density at radius 2 is 2.11 bits per heavy atom. The largest absolute Gasteiger partial charge is 0.368 e. The van der Waals surface area contributed by atoms with E-state index in [-0.39, 0.29) is 12.1 Å². The molecule has 1 aromatic rings. The minimum atomic E-state index is -0.863. The Bertz CT molecular complexity index is 452. The molecule has 0 radical (unpaired) electrons. The molecule has 1 saturated carbocycles. The van der Waals surface area contributed by atoms with E-state index in [0.717, 1.165) is 18.4 Å². The molecule has 1 aromatic heterocycles. The van der Waals surface area contributed by atoms with E-state index in [1.54, 1.807) is 11.3 Å². The monoisotopic (exact) mass is 281 g/mol. The number of amides is 3. The van der Waals surface area contributed by atoms with Gasteiger partial charge in [0.15, 0.2) is 0 Å². The van der Waals surface area contributed by atoms with Crippen LogP contribution in [0.4, 0.5) is 4.79 Å². The van der Waals surface area contributed by atoms with E-state index in [1.807, 2.05) is 23.8 Å². The minimum absolute atomic E-state index is 0.0856. The number of carbonyl (C=O) groups excluding carboxylic acids is 2. The average Bonchev–Trinajstić information content (AvgIpc) is 2.99. The zero-order chi connectivity index (χ0) is 13.9. The van der Waals surface area contributed by atoms with Gasteiger partial charge in [0.2, 0.25) is 5.91 Å². The quantitative estimate of drug-likeness (QED) is 0.787. The smallest absolute Gasteiger partial charge is 0.316 e. The van der Waals surface area contributed by atoms with Crippen LogP contribution in [0, 0.1) is 0 Å². The first-order chi connectivity index (χ1) is 9.03. The van der Waals surface area contributed by atoms with Crippen molar-refractivity contribution in [3.05, 3.63) is 22.4 Å². The molecule has 1 aliphatic rings. The van der Waals surface area contributed by atoms with Gasteiger partial charge >= 0.3 is 6.03 Å². The van der Waals surface area contributed by atoms with E-state index in [9.17, 15) is 9.59 Å². The van der Waals surface area contributed by atoms with Crippen LogP contribution in [0.2, 0.25) is 0 Å². The lowest BCUT2D eigenvalue weighted by Gasteiger charge is -2.27. The van der Waals surface area contributed by atoms with Crippen molar-refractivity contribution < 1.29 is 9.59 Å². The normalized spacial score (nSPS) is 18.8. The Morgan fingerprint density at radius 3 is 2.63 bits per heavy atom. The van der Waals surface area contributed by atoms with Crippen molar-refractivity contribution >= 4 is 23.3 Å². The van der Waals surface area contributed by atoms with Gasteiger partial charge in [-0.15, -0.1) is 0 Å². The van der Waals surface area contributed by atoms with E-state index in [4.69, 9.17) is 5.73 Å². The van der Waals surface area contributed by atoms with Gasteiger partial charge in [0.1, 0.15) is 5.54 Å². The maximum atomic E-state index is 12.0. The molecule has 4 N–H and O–H groups in total. The number of hydrogen-bond donors (Lipinski definition) is 3. The highest BCUT2D eigenvalue weighted by Gasteiger charge is 2.41. The van der Waals surface area contributed by atoms with Crippen LogP contribution in [0.1, 0.15) is 44.2 Å². The van der Waals surface area contributed by atoms with Crippen molar-refractivity contribution in [2.75, 3.05) is 0 Å². The van der Waals surface area contributed by atoms with Crippen LogP contribution in [-0.4, -0.2) is 17.5 Å². The zero-order valence-electron chi connectivity index (χ0n) is 10.9. The van der Waals surface area contributed by atoms with E-state index in [0.29, 0.717) is 12.8 Å². The van der Waals surface area contributed by atoms with Gasteiger partial charge in [-0.2, -0.15) is 11.3 Å². The van der Waals surface area contributed by atoms with Gasteiger partial charge in [0.25, 0.3) is 0 Å². The second kappa shape index (κ2) is 5.61. The van der Waals surface area contributed by atoms with Gasteiger partial charge in [-0.1, -0.05) is 12.8 Å². The van der Waals surface area contributed by atoms with Crippen LogP contribution in [0.5, 0.6) is 0 Å². The van der Waals surface area contributed by atoms with Crippen LogP contribution in [0.3, 0.4) is 0 Å². The maximum absolute atomic E-state index is 12.0. The van der Waals surface area contributed by atoms with Gasteiger partial charge in [-0.3, -0.25) is 4.79 Å². The number of urea groups is 1. The topological polar surface area (TPSA) is 84.2 Å². The lowest BCUT2D eigenvalue weighted by Crippen LogP contribution is -2.58. The predicted molar refractivity (Wildman–Crippen MR) is 74.8 cm³/mol. The van der Waals surface area contributed by atoms with E-state index in [1.165, 1.54) is 0 Å². The number of nitrogens with one attached hydrogen (secondary N) is 2. The highest BCUT2D eigenvalue weighted by Crippen LogP contribution is 2.29. The van der Waals surface area contributed by atoms with Gasteiger partial charge < -0.3 is 16.4 Å². The fraction of sp³-hybridized carbons (Fsp3) is 0.538. The SMILES string of the molecule is C[C@@H](NC(=O)NC1(C(N)=O)CCCC1)c1ccsc1. The Morgan fingerprint density at radius 1 is 1.42 bits per heavy atom. The summed E-state index contributed by atoms with van der Waals surface area (Å²) in [5.41, 5.74) is 5.62. The number of carbonyl (C=O) groups is 2. The number of rotatable bonds is 4. The Hall–Kier alpha value is -1.56. The number of primary amides is 1. The predicted octanol–water partition coefficient (Wildman–Crippen LogP) is 1.91. The first kappa shape index (κ1) is 13.9. The van der Waals surface area contributed by atoms with Gasteiger partial charge in [0.05, 0.1) is 6.04 Å². The molecule has 0 bridgehead atoms. The molecule has 0 saturated heterocycles. The van der Waals surface area contributed by atoms with E-state index >= 15 is 0 Å². The van der Waals surface area contributed by atoms with Crippen molar-refractivity contribution in [2.24, 2.45) is 5.73 Å². The fourth-order valence-electron chi connectivity index (χ4n) is 2.47. The van der Waals surface area contributed by atoms with Crippen LogP contribution >= 0.6 is 11.3 Å². The molecule has 104 valence electrons. The molecule has 0 unspecified atom stereocenters. The van der Waals surface area contributed by atoms with Crippen molar-refractivity contribution in [3.8, 4) is 0 Å². The summed E-state index contributed by atoms with van der Waals surface area (Å²) in [4.78, 5) is 23.5. The molecule has 6 heteroatoms. The van der Waals surface area contributed by atoms with Crippen molar-refractivity contribution in [2.45, 2.75) is 44.2 Å². The zero-order valence-corrected chi connectivity index (χ0v) is 11.8. The molecular formula is C13H19N3O2S. The molecular weight excluding hydrogens is 262 g/mol. The highest BCUT2D eigenvalue weighted by atomic mass is 32.1. The average molecular weight is 281 g/mol. The van der Waals surface area contributed by atoms with Crippen LogP contribution in [0.15, 0.2) is 16.8 Å². The summed E-state index contributed by atoms with van der Waals surface area (Å²) in [6, 6.07) is 1.55. The minimum Gasteiger partial charge on any atom is -0.368 e. The first-order valence-corrected chi connectivity index (χ1v) is 7.38. The maximum Gasteiger partial charge on any atom is 0.316 e. The molecule has 1 fully saturated rings. The summed E-state index contributed by atoms with van der Waals surface area (Å²) in [5, 5.41) is 9.56. The molecule has 19 heavy (non-hydrogen) atoms. The van der Waals surface area contributed by atoms with Crippen LogP contribution in [-0.2, 0) is 4.79 Å². The molecule has 1 heterocycles. The molecule has 1 aliphatic carbocycles. The lowest BCUT2D eigenvalue weighted by atomic mass is 9.97. The van der Waals surface area contributed by atoms with Gasteiger partial charge in [-0.05, 0) is 42.2 Å². The summed E-state index contributed by atoms with van der Waals surface area (Å²) in [5.74, 6) is -0.441. The summed E-state index contributed by atoms with van der Waals surface area (Å²) < 4.78 is 0. The third-order valence-electron chi connectivity index (χ3n) is 3.67. The summed E-state index contributed by atoms with van der Waals surface area (Å²) in [6.45, 7) is 1.91. The second-order valence-electron chi connectivity index (χ2n) is 5.03. The van der Waals surface area contributed by atoms with Crippen molar-refractivity contribution in [1.29, 1.82) is 0 Å². The fourth-order valence-corrected chi connectivity index (χ4v) is 3.22. The molecule has 0 spiro atoms. The summed E-state index contributed by atoms with van der Waals surface area (Å²) in [6.07, 6.45) is 3.10. The van der Waals surface area contributed by atoms with Crippen molar-refractivity contribution in [1.82, 2.24) is 10.6 Å². The Kier molecular flexibility index (Phi) is 4.09. The van der Waals surface area contributed by atoms with Gasteiger partial charge in [-0.25, -0.2) is 4.79 Å². The van der Waals surface area contributed by atoms with Crippen LogP contribution in [0.25, 0.3) is 0 Å². The third kappa shape index (κ3) is 3.07. The lowest BCUT2D eigenvalue weighted by molar-refractivity contribution is -0.123.